The van der Waals surface area contributed by atoms with Crippen LogP contribution in [0.25, 0.3) is 0 Å². The Balaban J connectivity index is 3.51. The molecule has 0 aliphatic heterocycles. The molecule has 0 fully saturated rings. The van der Waals surface area contributed by atoms with Crippen LogP contribution in [0.5, 0.6) is 0 Å². The molecule has 0 rings (SSSR count). The Morgan fingerprint density at radius 1 is 1.12 bits per heavy atom. The predicted octanol–water partition coefficient (Wildman–Crippen LogP) is 1.27. The fraction of sp³-hybridized carbons (Fsp3) is 1.00. The van der Waals surface area contributed by atoms with Crippen LogP contribution in [0.3, 0.4) is 0 Å². The second-order valence-corrected chi connectivity index (χ2v) is 6.42. The van der Waals surface area contributed by atoms with Crippen molar-refractivity contribution in [1.82, 2.24) is 9.62 Å². The fourth-order valence-electron chi connectivity index (χ4n) is 1.24. The van der Waals surface area contributed by atoms with Gasteiger partial charge in [-0.25, -0.2) is 13.1 Å². The van der Waals surface area contributed by atoms with Gasteiger partial charge < -0.3 is 4.90 Å². The van der Waals surface area contributed by atoms with Crippen LogP contribution in [0.4, 0.5) is 0 Å². The first-order chi connectivity index (χ1) is 7.48. The normalized spacial score (nSPS) is 12.2. The van der Waals surface area contributed by atoms with E-state index in [9.17, 15) is 8.42 Å². The van der Waals surface area contributed by atoms with Gasteiger partial charge in [0, 0.05) is 12.4 Å². The Bertz CT molecular complexity index is 256. The number of hydrogen-bond acceptors (Lipinski definition) is 3. The number of alkyl halides is 1. The van der Waals surface area contributed by atoms with Gasteiger partial charge in [0.2, 0.25) is 10.0 Å². The summed E-state index contributed by atoms with van der Waals surface area (Å²) in [4.78, 5) is 2.09. The molecule has 0 heterocycles. The van der Waals surface area contributed by atoms with Crippen LogP contribution in [0.2, 0.25) is 0 Å². The standard InChI is InChI=1S/C10H23ClN2O2S/c1-13(2)9-5-4-8-12-16(14,15)10-6-3-7-11/h12H,3-10H2,1-2H3. The molecular weight excluding hydrogens is 248 g/mol. The Hall–Kier alpha value is 0.160. The van der Waals surface area contributed by atoms with Crippen LogP contribution in [-0.2, 0) is 10.0 Å². The van der Waals surface area contributed by atoms with Crippen LogP contribution >= 0.6 is 11.6 Å². The van der Waals surface area contributed by atoms with Gasteiger partial charge in [0.15, 0.2) is 0 Å². The molecule has 4 nitrogen and oxygen atoms in total. The van der Waals surface area contributed by atoms with Crippen molar-refractivity contribution in [2.75, 3.05) is 38.8 Å². The smallest absolute Gasteiger partial charge is 0.211 e. The lowest BCUT2D eigenvalue weighted by molar-refractivity contribution is 0.394. The van der Waals surface area contributed by atoms with Crippen molar-refractivity contribution in [3.63, 3.8) is 0 Å². The summed E-state index contributed by atoms with van der Waals surface area (Å²) in [6.07, 6.45) is 3.28. The van der Waals surface area contributed by atoms with Crippen molar-refractivity contribution >= 4 is 21.6 Å². The molecule has 0 amide bonds. The average molecular weight is 271 g/mol. The summed E-state index contributed by atoms with van der Waals surface area (Å²) in [6.45, 7) is 1.53. The molecule has 16 heavy (non-hydrogen) atoms. The summed E-state index contributed by atoms with van der Waals surface area (Å²) in [5, 5.41) is 0. The van der Waals surface area contributed by atoms with Crippen molar-refractivity contribution in [3.05, 3.63) is 0 Å². The van der Waals surface area contributed by atoms with Crippen molar-refractivity contribution in [2.45, 2.75) is 25.7 Å². The molecule has 0 aliphatic carbocycles. The molecule has 0 aromatic heterocycles. The second-order valence-electron chi connectivity index (χ2n) is 4.12. The zero-order valence-electron chi connectivity index (χ0n) is 10.2. The van der Waals surface area contributed by atoms with Crippen LogP contribution in [0, 0.1) is 0 Å². The Morgan fingerprint density at radius 3 is 2.38 bits per heavy atom. The van der Waals surface area contributed by atoms with E-state index in [4.69, 9.17) is 11.6 Å². The van der Waals surface area contributed by atoms with E-state index in [1.165, 1.54) is 0 Å². The minimum absolute atomic E-state index is 0.188. The van der Waals surface area contributed by atoms with E-state index in [0.717, 1.165) is 25.8 Å². The van der Waals surface area contributed by atoms with Gasteiger partial charge in [0.1, 0.15) is 0 Å². The number of rotatable bonds is 10. The number of nitrogens with one attached hydrogen (secondary N) is 1. The minimum Gasteiger partial charge on any atom is -0.309 e. The topological polar surface area (TPSA) is 49.4 Å². The third kappa shape index (κ3) is 10.7. The number of nitrogens with zero attached hydrogens (tertiary/aromatic N) is 1. The molecule has 6 heteroatoms. The maximum Gasteiger partial charge on any atom is 0.211 e. The van der Waals surface area contributed by atoms with E-state index in [1.54, 1.807) is 0 Å². The predicted molar refractivity (Wildman–Crippen MR) is 69.5 cm³/mol. The van der Waals surface area contributed by atoms with E-state index in [-0.39, 0.29) is 5.75 Å². The highest BCUT2D eigenvalue weighted by Gasteiger charge is 2.08. The monoisotopic (exact) mass is 270 g/mol. The zero-order valence-corrected chi connectivity index (χ0v) is 11.8. The van der Waals surface area contributed by atoms with Gasteiger partial charge in [-0.2, -0.15) is 0 Å². The van der Waals surface area contributed by atoms with Crippen molar-refractivity contribution < 1.29 is 8.42 Å². The lowest BCUT2D eigenvalue weighted by Crippen LogP contribution is -2.28. The molecule has 0 radical (unpaired) electrons. The summed E-state index contributed by atoms with van der Waals surface area (Å²) in [5.74, 6) is 0.714. The molecule has 0 unspecified atom stereocenters. The van der Waals surface area contributed by atoms with Crippen molar-refractivity contribution in [3.8, 4) is 0 Å². The van der Waals surface area contributed by atoms with Gasteiger partial charge in [-0.1, -0.05) is 0 Å². The molecule has 0 aliphatic rings. The highest BCUT2D eigenvalue weighted by atomic mass is 35.5. The van der Waals surface area contributed by atoms with Gasteiger partial charge >= 0.3 is 0 Å². The van der Waals surface area contributed by atoms with E-state index in [0.29, 0.717) is 18.8 Å². The minimum atomic E-state index is -3.08. The molecule has 0 saturated carbocycles. The van der Waals surface area contributed by atoms with Gasteiger partial charge in [-0.15, -0.1) is 11.6 Å². The SMILES string of the molecule is CN(C)CCCCNS(=O)(=O)CCCCCl. The quantitative estimate of drug-likeness (QED) is 0.480. The lowest BCUT2D eigenvalue weighted by Gasteiger charge is -2.09. The van der Waals surface area contributed by atoms with Crippen LogP contribution in [0.1, 0.15) is 25.7 Å². The second kappa shape index (κ2) is 9.22. The van der Waals surface area contributed by atoms with Crippen molar-refractivity contribution in [2.24, 2.45) is 0 Å². The Kier molecular flexibility index (Phi) is 9.31. The van der Waals surface area contributed by atoms with E-state index in [2.05, 4.69) is 9.62 Å². The Morgan fingerprint density at radius 2 is 1.81 bits per heavy atom. The maximum atomic E-state index is 11.4. The summed E-state index contributed by atoms with van der Waals surface area (Å²) in [5.41, 5.74) is 0. The fourth-order valence-corrected chi connectivity index (χ4v) is 2.61. The zero-order chi connectivity index (χ0) is 12.4. The third-order valence-corrected chi connectivity index (χ3v) is 3.89. The largest absolute Gasteiger partial charge is 0.309 e. The average Bonchev–Trinajstić information content (AvgIpc) is 2.16. The van der Waals surface area contributed by atoms with Crippen molar-refractivity contribution in [1.29, 1.82) is 0 Å². The molecule has 0 saturated heterocycles. The number of halogens is 1. The van der Waals surface area contributed by atoms with Crippen LogP contribution < -0.4 is 4.72 Å². The maximum absolute atomic E-state index is 11.4. The van der Waals surface area contributed by atoms with Gasteiger partial charge in [-0.3, -0.25) is 0 Å². The summed E-state index contributed by atoms with van der Waals surface area (Å²) in [7, 11) is 0.944. The highest BCUT2D eigenvalue weighted by molar-refractivity contribution is 7.89. The first kappa shape index (κ1) is 16.2. The molecule has 0 bridgehead atoms. The van der Waals surface area contributed by atoms with Crippen LogP contribution in [-0.4, -0.2) is 52.1 Å². The van der Waals surface area contributed by atoms with Gasteiger partial charge in [0.05, 0.1) is 5.75 Å². The molecule has 0 spiro atoms. The molecule has 1 N–H and O–H groups in total. The molecule has 98 valence electrons. The first-order valence-electron chi connectivity index (χ1n) is 5.66. The number of hydrogen-bond donors (Lipinski definition) is 1. The van der Waals surface area contributed by atoms with E-state index in [1.807, 2.05) is 14.1 Å². The summed E-state index contributed by atoms with van der Waals surface area (Å²) < 4.78 is 25.5. The third-order valence-electron chi connectivity index (χ3n) is 2.15. The Labute approximate surface area is 104 Å². The first-order valence-corrected chi connectivity index (χ1v) is 7.84. The number of sulfonamides is 1. The van der Waals surface area contributed by atoms with Gasteiger partial charge in [0.25, 0.3) is 0 Å². The number of unbranched alkanes of at least 4 members (excludes halogenated alkanes) is 2. The summed E-state index contributed by atoms with van der Waals surface area (Å²) in [6, 6.07) is 0. The summed E-state index contributed by atoms with van der Waals surface area (Å²) >= 11 is 5.49. The van der Waals surface area contributed by atoms with Crippen LogP contribution in [0.15, 0.2) is 0 Å². The highest BCUT2D eigenvalue weighted by Crippen LogP contribution is 1.97. The molecule has 0 aromatic carbocycles. The van der Waals surface area contributed by atoms with E-state index < -0.39 is 10.0 Å². The molecule has 0 atom stereocenters. The van der Waals surface area contributed by atoms with Gasteiger partial charge in [-0.05, 0) is 46.3 Å². The molecule has 0 aromatic rings. The van der Waals surface area contributed by atoms with E-state index >= 15 is 0 Å². The lowest BCUT2D eigenvalue weighted by atomic mass is 10.3. The molecular formula is C10H23ClN2O2S.